The summed E-state index contributed by atoms with van der Waals surface area (Å²) in [6, 6.07) is 7.65. The number of hydrogen-bond acceptors (Lipinski definition) is 3. The quantitative estimate of drug-likeness (QED) is 0.917. The van der Waals surface area contributed by atoms with E-state index < -0.39 is 0 Å². The molecule has 5 heteroatoms. The van der Waals surface area contributed by atoms with Crippen molar-refractivity contribution in [1.82, 2.24) is 5.16 Å². The van der Waals surface area contributed by atoms with Crippen molar-refractivity contribution in [3.63, 3.8) is 0 Å². The zero-order valence-corrected chi connectivity index (χ0v) is 10.7. The number of benzene rings is 1. The zero-order chi connectivity index (χ0) is 10.8. The second-order valence-electron chi connectivity index (χ2n) is 2.95. The summed E-state index contributed by atoms with van der Waals surface area (Å²) < 4.78 is 6.44. The van der Waals surface area contributed by atoms with E-state index in [-0.39, 0.29) is 6.61 Å². The van der Waals surface area contributed by atoms with Crippen LogP contribution in [0.3, 0.4) is 0 Å². The molecule has 0 unspecified atom stereocenters. The molecular formula is C10H7Br2NO2. The molecule has 1 N–H and O–H groups in total. The Morgan fingerprint density at radius 3 is 2.47 bits per heavy atom. The largest absolute Gasteiger partial charge is 0.391 e. The molecule has 0 radical (unpaired) electrons. The SMILES string of the molecule is OCc1c(-c2ccc(Br)cc2)noc1Br. The van der Waals surface area contributed by atoms with E-state index in [2.05, 4.69) is 37.0 Å². The maximum Gasteiger partial charge on any atom is 0.208 e. The average molecular weight is 333 g/mol. The Bertz CT molecular complexity index is 465. The number of aliphatic hydroxyl groups excluding tert-OH is 1. The fourth-order valence-electron chi connectivity index (χ4n) is 1.26. The van der Waals surface area contributed by atoms with Gasteiger partial charge in [0, 0.05) is 10.0 Å². The van der Waals surface area contributed by atoms with Crippen LogP contribution in [0.25, 0.3) is 11.3 Å². The lowest BCUT2D eigenvalue weighted by atomic mass is 10.1. The summed E-state index contributed by atoms with van der Waals surface area (Å²) in [4.78, 5) is 0. The lowest BCUT2D eigenvalue weighted by molar-refractivity contribution is 0.278. The van der Waals surface area contributed by atoms with Crippen LogP contribution >= 0.6 is 31.9 Å². The molecule has 0 bridgehead atoms. The minimum absolute atomic E-state index is 0.102. The van der Waals surface area contributed by atoms with Gasteiger partial charge in [-0.2, -0.15) is 0 Å². The fourth-order valence-corrected chi connectivity index (χ4v) is 1.91. The highest BCUT2D eigenvalue weighted by Crippen LogP contribution is 2.29. The lowest BCUT2D eigenvalue weighted by Crippen LogP contribution is -1.86. The van der Waals surface area contributed by atoms with Crippen LogP contribution < -0.4 is 0 Å². The minimum atomic E-state index is -0.102. The van der Waals surface area contributed by atoms with E-state index in [1.54, 1.807) is 0 Å². The van der Waals surface area contributed by atoms with Gasteiger partial charge in [0.2, 0.25) is 4.67 Å². The summed E-state index contributed by atoms with van der Waals surface area (Å²) in [6.45, 7) is -0.102. The minimum Gasteiger partial charge on any atom is -0.391 e. The Balaban J connectivity index is 2.49. The highest BCUT2D eigenvalue weighted by molar-refractivity contribution is 9.10. The van der Waals surface area contributed by atoms with Gasteiger partial charge in [0.15, 0.2) is 0 Å². The molecule has 3 nitrogen and oxygen atoms in total. The van der Waals surface area contributed by atoms with Crippen LogP contribution in [0.15, 0.2) is 37.9 Å². The summed E-state index contributed by atoms with van der Waals surface area (Å²) in [6.07, 6.45) is 0. The number of hydrogen-bond donors (Lipinski definition) is 1. The molecular weight excluding hydrogens is 326 g/mol. The number of aromatic nitrogens is 1. The van der Waals surface area contributed by atoms with Gasteiger partial charge in [0.25, 0.3) is 0 Å². The van der Waals surface area contributed by atoms with E-state index in [9.17, 15) is 0 Å². The number of halogens is 2. The summed E-state index contributed by atoms with van der Waals surface area (Å²) >= 11 is 6.55. The van der Waals surface area contributed by atoms with Crippen molar-refractivity contribution >= 4 is 31.9 Å². The first kappa shape index (κ1) is 10.9. The van der Waals surface area contributed by atoms with Gasteiger partial charge in [-0.3, -0.25) is 0 Å². The van der Waals surface area contributed by atoms with Crippen LogP contribution in [0.4, 0.5) is 0 Å². The van der Waals surface area contributed by atoms with Crippen molar-refractivity contribution in [2.45, 2.75) is 6.61 Å². The van der Waals surface area contributed by atoms with Crippen LogP contribution in [0.1, 0.15) is 5.56 Å². The van der Waals surface area contributed by atoms with Crippen LogP contribution in [-0.4, -0.2) is 10.3 Å². The van der Waals surface area contributed by atoms with Crippen molar-refractivity contribution < 1.29 is 9.63 Å². The predicted molar refractivity (Wildman–Crippen MR) is 63.3 cm³/mol. The third-order valence-corrected chi connectivity index (χ3v) is 3.17. The third-order valence-electron chi connectivity index (χ3n) is 2.02. The third kappa shape index (κ3) is 2.14. The zero-order valence-electron chi connectivity index (χ0n) is 7.58. The highest BCUT2D eigenvalue weighted by Gasteiger charge is 2.14. The monoisotopic (exact) mass is 331 g/mol. The predicted octanol–water partition coefficient (Wildman–Crippen LogP) is 3.36. The topological polar surface area (TPSA) is 46.3 Å². The molecule has 1 heterocycles. The second-order valence-corrected chi connectivity index (χ2v) is 4.58. The molecule has 0 aliphatic carbocycles. The van der Waals surface area contributed by atoms with Crippen LogP contribution in [0, 0.1) is 0 Å². The van der Waals surface area contributed by atoms with Crippen LogP contribution in [0.2, 0.25) is 0 Å². The first-order valence-electron chi connectivity index (χ1n) is 4.23. The summed E-state index contributed by atoms with van der Waals surface area (Å²) in [5, 5.41) is 13.1. The molecule has 0 saturated heterocycles. The van der Waals surface area contributed by atoms with E-state index in [0.717, 1.165) is 10.0 Å². The molecule has 0 fully saturated rings. The highest BCUT2D eigenvalue weighted by atomic mass is 79.9. The van der Waals surface area contributed by atoms with Crippen molar-refractivity contribution in [3.8, 4) is 11.3 Å². The Hall–Kier alpha value is -0.650. The Labute approximate surface area is 103 Å². The molecule has 0 aliphatic rings. The molecule has 0 aliphatic heterocycles. The molecule has 1 aromatic heterocycles. The summed E-state index contributed by atoms with van der Waals surface area (Å²) in [5.41, 5.74) is 2.24. The number of rotatable bonds is 2. The molecule has 2 rings (SSSR count). The van der Waals surface area contributed by atoms with Crippen molar-refractivity contribution in [3.05, 3.63) is 39.0 Å². The first-order valence-corrected chi connectivity index (χ1v) is 5.82. The molecule has 15 heavy (non-hydrogen) atoms. The maximum absolute atomic E-state index is 9.16. The van der Waals surface area contributed by atoms with Gasteiger partial charge in [-0.1, -0.05) is 33.2 Å². The van der Waals surface area contributed by atoms with Crippen molar-refractivity contribution in [1.29, 1.82) is 0 Å². The average Bonchev–Trinajstić information content (AvgIpc) is 2.61. The molecule has 0 amide bonds. The van der Waals surface area contributed by atoms with E-state index in [1.165, 1.54) is 0 Å². The van der Waals surface area contributed by atoms with Gasteiger partial charge in [-0.05, 0) is 28.1 Å². The van der Waals surface area contributed by atoms with Gasteiger partial charge in [-0.15, -0.1) is 0 Å². The summed E-state index contributed by atoms with van der Waals surface area (Å²) in [5.74, 6) is 0. The van der Waals surface area contributed by atoms with Crippen molar-refractivity contribution in [2.75, 3.05) is 0 Å². The molecule has 2 aromatic rings. The van der Waals surface area contributed by atoms with Crippen LogP contribution in [-0.2, 0) is 6.61 Å². The molecule has 78 valence electrons. The van der Waals surface area contributed by atoms with Gasteiger partial charge in [0.05, 0.1) is 12.2 Å². The molecule has 0 spiro atoms. The van der Waals surface area contributed by atoms with E-state index in [1.807, 2.05) is 24.3 Å². The number of aliphatic hydroxyl groups is 1. The Morgan fingerprint density at radius 1 is 1.20 bits per heavy atom. The van der Waals surface area contributed by atoms with E-state index in [4.69, 9.17) is 9.63 Å². The lowest BCUT2D eigenvalue weighted by Gasteiger charge is -1.98. The normalized spacial score (nSPS) is 10.6. The number of nitrogens with zero attached hydrogens (tertiary/aromatic N) is 1. The molecule has 0 atom stereocenters. The Morgan fingerprint density at radius 2 is 1.87 bits per heavy atom. The fraction of sp³-hybridized carbons (Fsp3) is 0.100. The van der Waals surface area contributed by atoms with Gasteiger partial charge < -0.3 is 9.63 Å². The molecule has 0 saturated carbocycles. The first-order chi connectivity index (χ1) is 7.22. The summed E-state index contributed by atoms with van der Waals surface area (Å²) in [7, 11) is 0. The molecule has 1 aromatic carbocycles. The standard InChI is InChI=1S/C10H7Br2NO2/c11-7-3-1-6(2-4-7)9-8(5-14)10(12)15-13-9/h1-4,14H,5H2. The maximum atomic E-state index is 9.16. The van der Waals surface area contributed by atoms with E-state index >= 15 is 0 Å². The van der Waals surface area contributed by atoms with E-state index in [0.29, 0.717) is 15.9 Å². The van der Waals surface area contributed by atoms with Gasteiger partial charge in [0.1, 0.15) is 5.69 Å². The van der Waals surface area contributed by atoms with Gasteiger partial charge in [-0.25, -0.2) is 0 Å². The smallest absolute Gasteiger partial charge is 0.208 e. The van der Waals surface area contributed by atoms with Gasteiger partial charge >= 0.3 is 0 Å². The van der Waals surface area contributed by atoms with Crippen LogP contribution in [0.5, 0.6) is 0 Å². The Kier molecular flexibility index (Phi) is 3.23. The van der Waals surface area contributed by atoms with Crippen molar-refractivity contribution in [2.24, 2.45) is 0 Å². The second kappa shape index (κ2) is 4.47.